The zero-order chi connectivity index (χ0) is 8.53. The topological polar surface area (TPSA) is 81.1 Å². The molecule has 0 fully saturated rings. The molecule has 0 saturated carbocycles. The van der Waals surface area contributed by atoms with Gasteiger partial charge in [0.1, 0.15) is 0 Å². The van der Waals surface area contributed by atoms with E-state index in [0.717, 1.165) is 32.2 Å². The first-order valence-corrected chi connectivity index (χ1v) is 3.96. The van der Waals surface area contributed by atoms with Gasteiger partial charge >= 0.3 is 0 Å². The number of hydrogen-bond acceptors (Lipinski definition) is 3. The summed E-state index contributed by atoms with van der Waals surface area (Å²) in [5.74, 6) is 0. The van der Waals surface area contributed by atoms with Crippen molar-refractivity contribution >= 4 is 6.41 Å². The lowest BCUT2D eigenvalue weighted by atomic mass is 10.1. The Hall–Kier alpha value is -0.610. The Morgan fingerprint density at radius 3 is 2.64 bits per heavy atom. The Morgan fingerprint density at radius 2 is 2.09 bits per heavy atom. The maximum atomic E-state index is 9.89. The Balaban J connectivity index is 3.03. The predicted octanol–water partition coefficient (Wildman–Crippen LogP) is -0.464. The van der Waals surface area contributed by atoms with Crippen LogP contribution in [-0.4, -0.2) is 19.1 Å². The summed E-state index contributed by atoms with van der Waals surface area (Å²) in [5.41, 5.74) is 10.8. The van der Waals surface area contributed by atoms with Crippen LogP contribution >= 0.6 is 0 Å². The lowest BCUT2D eigenvalue weighted by molar-refractivity contribution is -0.110. The van der Waals surface area contributed by atoms with Gasteiger partial charge in [-0.05, 0) is 19.4 Å². The van der Waals surface area contributed by atoms with Crippen LogP contribution in [0.4, 0.5) is 0 Å². The van der Waals surface area contributed by atoms with Crippen molar-refractivity contribution in [3.05, 3.63) is 0 Å². The van der Waals surface area contributed by atoms with E-state index in [-0.39, 0.29) is 6.17 Å². The van der Waals surface area contributed by atoms with Crippen molar-refractivity contribution in [1.29, 1.82) is 0 Å². The van der Waals surface area contributed by atoms with Crippen molar-refractivity contribution in [2.45, 2.75) is 31.8 Å². The van der Waals surface area contributed by atoms with Crippen molar-refractivity contribution in [1.82, 2.24) is 5.32 Å². The number of nitrogens with one attached hydrogen (secondary N) is 1. The van der Waals surface area contributed by atoms with Crippen LogP contribution in [0.25, 0.3) is 0 Å². The summed E-state index contributed by atoms with van der Waals surface area (Å²) < 4.78 is 0. The minimum absolute atomic E-state index is 0.190. The monoisotopic (exact) mass is 159 g/mol. The molecule has 11 heavy (non-hydrogen) atoms. The van der Waals surface area contributed by atoms with Crippen LogP contribution in [0.1, 0.15) is 25.7 Å². The maximum Gasteiger partial charge on any atom is 0.208 e. The number of amides is 1. The molecule has 0 aromatic rings. The highest BCUT2D eigenvalue weighted by atomic mass is 16.1. The van der Waals surface area contributed by atoms with Gasteiger partial charge in [-0.2, -0.15) is 0 Å². The average molecular weight is 159 g/mol. The molecule has 4 nitrogen and oxygen atoms in total. The standard InChI is InChI=1S/C7H17N3O/c8-5-3-1-2-4-7(9)10-6-11/h6-7H,1-5,8-9H2,(H,10,11). The van der Waals surface area contributed by atoms with E-state index in [1.54, 1.807) is 0 Å². The minimum atomic E-state index is -0.190. The van der Waals surface area contributed by atoms with Crippen molar-refractivity contribution < 1.29 is 4.79 Å². The predicted molar refractivity (Wildman–Crippen MR) is 44.7 cm³/mol. The highest BCUT2D eigenvalue weighted by molar-refractivity contribution is 5.46. The molecule has 0 aliphatic heterocycles. The first-order chi connectivity index (χ1) is 5.31. The molecule has 0 rings (SSSR count). The highest BCUT2D eigenvalue weighted by Gasteiger charge is 1.97. The molecule has 0 heterocycles. The van der Waals surface area contributed by atoms with Gasteiger partial charge in [-0.25, -0.2) is 0 Å². The molecule has 0 aromatic heterocycles. The van der Waals surface area contributed by atoms with Crippen molar-refractivity contribution in [2.75, 3.05) is 6.54 Å². The molecule has 0 aliphatic rings. The van der Waals surface area contributed by atoms with E-state index in [2.05, 4.69) is 5.32 Å². The first-order valence-electron chi connectivity index (χ1n) is 3.96. The van der Waals surface area contributed by atoms with Gasteiger partial charge in [0.15, 0.2) is 0 Å². The zero-order valence-electron chi connectivity index (χ0n) is 6.75. The van der Waals surface area contributed by atoms with Crippen LogP contribution in [0.5, 0.6) is 0 Å². The number of rotatable bonds is 7. The second-order valence-corrected chi connectivity index (χ2v) is 2.53. The Kier molecular flexibility index (Phi) is 7.08. The van der Waals surface area contributed by atoms with E-state index < -0.39 is 0 Å². The maximum absolute atomic E-state index is 9.89. The van der Waals surface area contributed by atoms with E-state index in [1.165, 1.54) is 0 Å². The fourth-order valence-corrected chi connectivity index (χ4v) is 0.856. The molecule has 4 heteroatoms. The number of carbonyl (C=O) groups excluding carboxylic acids is 1. The van der Waals surface area contributed by atoms with Crippen molar-refractivity contribution in [3.8, 4) is 0 Å². The quantitative estimate of drug-likeness (QED) is 0.267. The number of hydrogen-bond donors (Lipinski definition) is 3. The molecule has 1 atom stereocenters. The van der Waals surface area contributed by atoms with Crippen molar-refractivity contribution in [3.63, 3.8) is 0 Å². The molecular formula is C7H17N3O. The van der Waals surface area contributed by atoms with E-state index in [0.29, 0.717) is 6.41 Å². The van der Waals surface area contributed by atoms with Gasteiger partial charge in [-0.1, -0.05) is 12.8 Å². The third-order valence-electron chi connectivity index (χ3n) is 1.50. The van der Waals surface area contributed by atoms with Crippen LogP contribution < -0.4 is 16.8 Å². The summed E-state index contributed by atoms with van der Waals surface area (Å²) in [4.78, 5) is 9.89. The second-order valence-electron chi connectivity index (χ2n) is 2.53. The molecule has 5 N–H and O–H groups in total. The van der Waals surface area contributed by atoms with Crippen LogP contribution in [0.3, 0.4) is 0 Å². The number of nitrogens with two attached hydrogens (primary N) is 2. The number of unbranched alkanes of at least 4 members (excludes halogenated alkanes) is 2. The van der Waals surface area contributed by atoms with Gasteiger partial charge in [0.25, 0.3) is 0 Å². The van der Waals surface area contributed by atoms with Gasteiger partial charge in [-0.3, -0.25) is 4.79 Å². The molecule has 0 saturated heterocycles. The normalized spacial score (nSPS) is 12.5. The fraction of sp³-hybridized carbons (Fsp3) is 0.857. The fourth-order valence-electron chi connectivity index (χ4n) is 0.856. The molecular weight excluding hydrogens is 142 g/mol. The summed E-state index contributed by atoms with van der Waals surface area (Å²) in [5, 5.41) is 2.49. The molecule has 1 amide bonds. The van der Waals surface area contributed by atoms with E-state index in [9.17, 15) is 4.79 Å². The molecule has 0 aliphatic carbocycles. The average Bonchev–Trinajstić information content (AvgIpc) is 1.99. The summed E-state index contributed by atoms with van der Waals surface area (Å²) in [6, 6.07) is 0. The smallest absolute Gasteiger partial charge is 0.208 e. The third-order valence-corrected chi connectivity index (χ3v) is 1.50. The van der Waals surface area contributed by atoms with Gasteiger partial charge < -0.3 is 16.8 Å². The highest BCUT2D eigenvalue weighted by Crippen LogP contribution is 1.98. The van der Waals surface area contributed by atoms with E-state index in [1.807, 2.05) is 0 Å². The number of carbonyl (C=O) groups is 1. The van der Waals surface area contributed by atoms with Crippen LogP contribution in [0, 0.1) is 0 Å². The molecule has 1 unspecified atom stereocenters. The molecule has 0 bridgehead atoms. The largest absolute Gasteiger partial charge is 0.344 e. The lowest BCUT2D eigenvalue weighted by Crippen LogP contribution is -2.36. The van der Waals surface area contributed by atoms with Gasteiger partial charge in [0, 0.05) is 0 Å². The van der Waals surface area contributed by atoms with Crippen molar-refractivity contribution in [2.24, 2.45) is 11.5 Å². The Bertz CT molecular complexity index is 97.7. The van der Waals surface area contributed by atoms with Gasteiger partial charge in [0.05, 0.1) is 6.17 Å². The molecule has 66 valence electrons. The van der Waals surface area contributed by atoms with Crippen LogP contribution in [-0.2, 0) is 4.79 Å². The Morgan fingerprint density at radius 1 is 1.36 bits per heavy atom. The summed E-state index contributed by atoms with van der Waals surface area (Å²) >= 11 is 0. The van der Waals surface area contributed by atoms with Gasteiger partial charge in [0.2, 0.25) is 6.41 Å². The zero-order valence-corrected chi connectivity index (χ0v) is 6.75. The van der Waals surface area contributed by atoms with Crippen LogP contribution in [0.2, 0.25) is 0 Å². The molecule has 0 aromatic carbocycles. The Labute approximate surface area is 67.3 Å². The second kappa shape index (κ2) is 7.50. The minimum Gasteiger partial charge on any atom is -0.344 e. The third kappa shape index (κ3) is 7.29. The van der Waals surface area contributed by atoms with E-state index in [4.69, 9.17) is 11.5 Å². The summed E-state index contributed by atoms with van der Waals surface area (Å²) in [7, 11) is 0. The SMILES string of the molecule is NCCCCCC(N)NC=O. The first kappa shape index (κ1) is 10.4. The summed E-state index contributed by atoms with van der Waals surface area (Å²) in [6.45, 7) is 0.732. The van der Waals surface area contributed by atoms with E-state index >= 15 is 0 Å². The molecule has 0 radical (unpaired) electrons. The van der Waals surface area contributed by atoms with Gasteiger partial charge in [-0.15, -0.1) is 0 Å². The molecule has 0 spiro atoms. The lowest BCUT2D eigenvalue weighted by Gasteiger charge is -2.08. The summed E-state index contributed by atoms with van der Waals surface area (Å²) in [6.07, 6.45) is 4.43. The van der Waals surface area contributed by atoms with Crippen LogP contribution in [0.15, 0.2) is 0 Å².